The molecule has 2 aromatic rings. The van der Waals surface area contributed by atoms with Gasteiger partial charge in [-0.1, -0.05) is 11.6 Å². The molecule has 1 aromatic heterocycles. The maximum Gasteiger partial charge on any atom is 0.130 e. The van der Waals surface area contributed by atoms with E-state index in [4.69, 9.17) is 4.74 Å². The molecule has 0 spiro atoms. The topological polar surface area (TPSA) is 47.3 Å². The van der Waals surface area contributed by atoms with Crippen LogP contribution in [0.4, 0.5) is 0 Å². The normalized spacial score (nSPS) is 12.5. The van der Waals surface area contributed by atoms with E-state index in [0.717, 1.165) is 28.3 Å². The van der Waals surface area contributed by atoms with Crippen LogP contribution in [0.3, 0.4) is 0 Å². The summed E-state index contributed by atoms with van der Waals surface area (Å²) in [4.78, 5) is 0. The molecular weight excluding hydrogens is 240 g/mol. The van der Waals surface area contributed by atoms with Gasteiger partial charge in [0.25, 0.3) is 0 Å². The molecule has 2 rings (SSSR count). The van der Waals surface area contributed by atoms with E-state index in [1.807, 2.05) is 49.8 Å². The van der Waals surface area contributed by atoms with Crippen molar-refractivity contribution in [3.63, 3.8) is 0 Å². The smallest absolute Gasteiger partial charge is 0.130 e. The van der Waals surface area contributed by atoms with Gasteiger partial charge >= 0.3 is 0 Å². The van der Waals surface area contributed by atoms with Gasteiger partial charge in [0.1, 0.15) is 12.4 Å². The summed E-state index contributed by atoms with van der Waals surface area (Å²) >= 11 is 0. The molecule has 0 aliphatic rings. The maximum atomic E-state index is 9.79. The Bertz CT molecular complexity index is 574. The van der Waals surface area contributed by atoms with Crippen molar-refractivity contribution >= 4 is 0 Å². The van der Waals surface area contributed by atoms with Crippen LogP contribution in [0.15, 0.2) is 24.3 Å². The van der Waals surface area contributed by atoms with E-state index in [2.05, 4.69) is 5.10 Å². The van der Waals surface area contributed by atoms with Crippen molar-refractivity contribution in [2.75, 3.05) is 0 Å². The summed E-state index contributed by atoms with van der Waals surface area (Å²) in [6.07, 6.45) is -0.539. The number of aliphatic hydroxyl groups excluding tert-OH is 1. The van der Waals surface area contributed by atoms with E-state index < -0.39 is 6.10 Å². The van der Waals surface area contributed by atoms with E-state index in [0.29, 0.717) is 6.61 Å². The van der Waals surface area contributed by atoms with Gasteiger partial charge in [0, 0.05) is 12.6 Å². The predicted molar refractivity (Wildman–Crippen MR) is 74.1 cm³/mol. The minimum absolute atomic E-state index is 0.445. The van der Waals surface area contributed by atoms with Crippen molar-refractivity contribution < 1.29 is 9.84 Å². The van der Waals surface area contributed by atoms with Gasteiger partial charge in [-0.2, -0.15) is 5.10 Å². The molecule has 0 bridgehead atoms. The summed E-state index contributed by atoms with van der Waals surface area (Å²) in [5.41, 5.74) is 3.91. The molecule has 4 heteroatoms. The fourth-order valence-electron chi connectivity index (χ4n) is 2.08. The predicted octanol–water partition coefficient (Wildman–Crippen LogP) is 2.67. The van der Waals surface area contributed by atoms with Crippen LogP contribution in [0.5, 0.6) is 5.75 Å². The quantitative estimate of drug-likeness (QED) is 0.919. The first-order valence-corrected chi connectivity index (χ1v) is 6.38. The Morgan fingerprint density at radius 1 is 1.32 bits per heavy atom. The largest absolute Gasteiger partial charge is 0.487 e. The van der Waals surface area contributed by atoms with Crippen LogP contribution in [-0.4, -0.2) is 14.9 Å². The Kier molecular flexibility index (Phi) is 3.90. The lowest BCUT2D eigenvalue weighted by molar-refractivity contribution is 0.189. The zero-order chi connectivity index (χ0) is 14.0. The van der Waals surface area contributed by atoms with E-state index >= 15 is 0 Å². The van der Waals surface area contributed by atoms with Crippen molar-refractivity contribution in [3.05, 3.63) is 46.8 Å². The summed E-state index contributed by atoms with van der Waals surface area (Å²) < 4.78 is 7.62. The minimum Gasteiger partial charge on any atom is -0.487 e. The molecule has 0 amide bonds. The first-order valence-electron chi connectivity index (χ1n) is 6.38. The van der Waals surface area contributed by atoms with E-state index in [-0.39, 0.29) is 0 Å². The highest BCUT2D eigenvalue weighted by Crippen LogP contribution is 2.27. The van der Waals surface area contributed by atoms with Gasteiger partial charge in [0.15, 0.2) is 0 Å². The van der Waals surface area contributed by atoms with Crippen molar-refractivity contribution in [2.45, 2.75) is 33.5 Å². The highest BCUT2D eigenvalue weighted by molar-refractivity contribution is 5.38. The van der Waals surface area contributed by atoms with Gasteiger partial charge in [0.05, 0.1) is 17.5 Å². The second-order valence-electron chi connectivity index (χ2n) is 4.91. The lowest BCUT2D eigenvalue weighted by Crippen LogP contribution is -2.05. The number of hydrogen-bond donors (Lipinski definition) is 1. The number of hydrogen-bond acceptors (Lipinski definition) is 3. The van der Waals surface area contributed by atoms with Gasteiger partial charge < -0.3 is 9.84 Å². The number of nitrogens with zero attached hydrogens (tertiary/aromatic N) is 2. The van der Waals surface area contributed by atoms with Gasteiger partial charge in [-0.25, -0.2) is 0 Å². The molecule has 1 heterocycles. The molecule has 1 N–H and O–H groups in total. The van der Waals surface area contributed by atoms with Gasteiger partial charge in [-0.3, -0.25) is 4.68 Å². The van der Waals surface area contributed by atoms with Crippen LogP contribution in [0, 0.1) is 13.8 Å². The molecule has 0 saturated heterocycles. The van der Waals surface area contributed by atoms with Crippen molar-refractivity contribution in [1.29, 1.82) is 0 Å². The monoisotopic (exact) mass is 260 g/mol. The average Bonchev–Trinajstić information content (AvgIpc) is 2.66. The molecule has 19 heavy (non-hydrogen) atoms. The SMILES string of the molecule is Cc1ccc(OCc2cc(C)nn2C)c([C@H](C)O)c1. The number of aryl methyl sites for hydroxylation is 3. The fraction of sp³-hybridized carbons (Fsp3) is 0.400. The van der Waals surface area contributed by atoms with E-state index in [1.165, 1.54) is 0 Å². The molecule has 0 unspecified atom stereocenters. The molecule has 1 aromatic carbocycles. The number of benzene rings is 1. The van der Waals surface area contributed by atoms with Crippen LogP contribution in [0.1, 0.15) is 35.5 Å². The third-order valence-electron chi connectivity index (χ3n) is 3.09. The average molecular weight is 260 g/mol. The van der Waals surface area contributed by atoms with Gasteiger partial charge in [-0.15, -0.1) is 0 Å². The zero-order valence-corrected chi connectivity index (χ0v) is 11.8. The summed E-state index contributed by atoms with van der Waals surface area (Å²) in [6.45, 7) is 6.15. The van der Waals surface area contributed by atoms with Crippen molar-refractivity contribution in [2.24, 2.45) is 7.05 Å². The molecular formula is C15H20N2O2. The highest BCUT2D eigenvalue weighted by atomic mass is 16.5. The van der Waals surface area contributed by atoms with Crippen molar-refractivity contribution in [1.82, 2.24) is 9.78 Å². The Balaban J connectivity index is 2.17. The Morgan fingerprint density at radius 2 is 2.05 bits per heavy atom. The molecule has 0 saturated carbocycles. The van der Waals surface area contributed by atoms with E-state index in [1.54, 1.807) is 6.92 Å². The Labute approximate surface area is 113 Å². The van der Waals surface area contributed by atoms with Crippen LogP contribution >= 0.6 is 0 Å². The number of aromatic nitrogens is 2. The highest BCUT2D eigenvalue weighted by Gasteiger charge is 2.10. The summed E-state index contributed by atoms with van der Waals surface area (Å²) in [5, 5.41) is 14.1. The van der Waals surface area contributed by atoms with Crippen LogP contribution < -0.4 is 4.74 Å². The Hall–Kier alpha value is -1.81. The number of ether oxygens (including phenoxy) is 1. The van der Waals surface area contributed by atoms with Crippen molar-refractivity contribution in [3.8, 4) is 5.75 Å². The van der Waals surface area contributed by atoms with Gasteiger partial charge in [-0.05, 0) is 39.0 Å². The summed E-state index contributed by atoms with van der Waals surface area (Å²) in [5.74, 6) is 0.722. The molecule has 0 aliphatic carbocycles. The molecule has 102 valence electrons. The van der Waals surface area contributed by atoms with Crippen LogP contribution in [0.2, 0.25) is 0 Å². The fourth-order valence-corrected chi connectivity index (χ4v) is 2.08. The lowest BCUT2D eigenvalue weighted by atomic mass is 10.1. The molecule has 0 radical (unpaired) electrons. The zero-order valence-electron chi connectivity index (χ0n) is 11.8. The van der Waals surface area contributed by atoms with Crippen LogP contribution in [-0.2, 0) is 13.7 Å². The molecule has 1 atom stereocenters. The molecule has 0 fully saturated rings. The number of aliphatic hydroxyl groups is 1. The standard InChI is InChI=1S/C15H20N2O2/c1-10-5-6-15(14(7-10)12(3)18)19-9-13-8-11(2)16-17(13)4/h5-8,12,18H,9H2,1-4H3/t12-/m0/s1. The van der Waals surface area contributed by atoms with Crippen LogP contribution in [0.25, 0.3) is 0 Å². The molecule has 4 nitrogen and oxygen atoms in total. The maximum absolute atomic E-state index is 9.79. The summed E-state index contributed by atoms with van der Waals surface area (Å²) in [6, 6.07) is 7.83. The van der Waals surface area contributed by atoms with E-state index in [9.17, 15) is 5.11 Å². The lowest BCUT2D eigenvalue weighted by Gasteiger charge is -2.14. The first kappa shape index (κ1) is 13.6. The van der Waals surface area contributed by atoms with Gasteiger partial charge in [0.2, 0.25) is 0 Å². The molecule has 0 aliphatic heterocycles. The second kappa shape index (κ2) is 5.45. The minimum atomic E-state index is -0.539. The number of rotatable bonds is 4. The third kappa shape index (κ3) is 3.15. The first-order chi connectivity index (χ1) is 8.97. The Morgan fingerprint density at radius 3 is 2.63 bits per heavy atom. The second-order valence-corrected chi connectivity index (χ2v) is 4.91. The third-order valence-corrected chi connectivity index (χ3v) is 3.09. The summed E-state index contributed by atoms with van der Waals surface area (Å²) in [7, 11) is 1.90.